The van der Waals surface area contributed by atoms with Crippen LogP contribution in [0.3, 0.4) is 0 Å². The van der Waals surface area contributed by atoms with E-state index in [-0.39, 0.29) is 34.6 Å². The number of unbranched alkanes of at least 4 members (excludes halogenated alkanes) is 2. The van der Waals surface area contributed by atoms with Gasteiger partial charge in [0.2, 0.25) is 17.7 Å². The van der Waals surface area contributed by atoms with Crippen LogP contribution < -0.4 is 10.6 Å². The molecule has 3 saturated heterocycles. The van der Waals surface area contributed by atoms with Gasteiger partial charge < -0.3 is 25.4 Å². The highest BCUT2D eigenvalue weighted by Gasteiger charge is 2.76. The van der Waals surface area contributed by atoms with Crippen molar-refractivity contribution in [2.75, 3.05) is 18.5 Å². The fourth-order valence-corrected chi connectivity index (χ4v) is 8.00. The Bertz CT molecular complexity index is 1040. The number of carbonyl (C=O) groups excluding carboxylic acids is 3. The summed E-state index contributed by atoms with van der Waals surface area (Å²) in [6.45, 7) is 10.9. The number of benzene rings is 1. The highest BCUT2D eigenvalue weighted by molar-refractivity contribution is 9.09. The summed E-state index contributed by atoms with van der Waals surface area (Å²) in [5.41, 5.74) is -0.917. The van der Waals surface area contributed by atoms with E-state index in [0.717, 1.165) is 12.8 Å². The molecule has 210 valence electrons. The lowest BCUT2D eigenvalue weighted by Crippen LogP contribution is -2.59. The van der Waals surface area contributed by atoms with E-state index in [1.54, 1.807) is 4.90 Å². The molecule has 3 amide bonds. The van der Waals surface area contributed by atoms with Gasteiger partial charge in [-0.15, -0.1) is 0 Å². The van der Waals surface area contributed by atoms with Crippen LogP contribution >= 0.6 is 15.9 Å². The number of hydrogen-bond acceptors (Lipinski definition) is 5. The molecular formula is C29H42BrN3O5. The first-order valence-electron chi connectivity index (χ1n) is 13.7. The van der Waals surface area contributed by atoms with E-state index in [0.29, 0.717) is 31.5 Å². The summed E-state index contributed by atoms with van der Waals surface area (Å²) in [6, 6.07) is 8.36. The maximum atomic E-state index is 14.1. The summed E-state index contributed by atoms with van der Waals surface area (Å²) < 4.78 is 6.57. The van der Waals surface area contributed by atoms with Gasteiger partial charge in [-0.2, -0.15) is 0 Å². The number of alkyl halides is 1. The van der Waals surface area contributed by atoms with Gasteiger partial charge in [0.15, 0.2) is 0 Å². The number of aliphatic hydroxyl groups excluding tert-OH is 1. The number of likely N-dealkylation sites (tertiary alicyclic amines) is 1. The van der Waals surface area contributed by atoms with Crippen LogP contribution in [0.4, 0.5) is 5.69 Å². The number of anilines is 1. The predicted molar refractivity (Wildman–Crippen MR) is 150 cm³/mol. The van der Waals surface area contributed by atoms with Crippen molar-refractivity contribution < 1.29 is 24.2 Å². The highest BCUT2D eigenvalue weighted by atomic mass is 79.9. The molecule has 3 heterocycles. The molecule has 3 N–H and O–H groups in total. The predicted octanol–water partition coefficient (Wildman–Crippen LogP) is 3.87. The summed E-state index contributed by atoms with van der Waals surface area (Å²) in [4.78, 5) is 43.2. The van der Waals surface area contributed by atoms with Gasteiger partial charge in [0, 0.05) is 29.2 Å². The summed E-state index contributed by atoms with van der Waals surface area (Å²) in [5.74, 6) is -2.13. The van der Waals surface area contributed by atoms with E-state index in [1.165, 1.54) is 0 Å². The Kier molecular flexibility index (Phi) is 8.32. The molecule has 1 spiro atoms. The Labute approximate surface area is 234 Å². The number of hydrogen-bond donors (Lipinski definition) is 3. The second-order valence-electron chi connectivity index (χ2n) is 12.9. The molecule has 0 radical (unpaired) electrons. The first kappa shape index (κ1) is 29.0. The zero-order chi connectivity index (χ0) is 27.9. The van der Waals surface area contributed by atoms with Crippen LogP contribution in [-0.2, 0) is 19.1 Å². The molecule has 0 saturated carbocycles. The standard InChI is InChI=1S/C29H42BrN3O5/c1-27(2,3)17-28(4,5)32-25(36)23-29-16-19(30)22(38-29)20(24(35)31-18-12-8-6-9-13-18)21(29)26(37)33(23)14-10-7-11-15-34/h6,8-9,12-13,19-23,34H,7,10-11,14-17H2,1-5H3,(H,31,35)(H,32,36)/t19?,20-,21+,22-,23?,29?/m1/s1. The Balaban J connectivity index is 1.65. The summed E-state index contributed by atoms with van der Waals surface area (Å²) in [5, 5.41) is 15.4. The van der Waals surface area contributed by atoms with Gasteiger partial charge in [-0.25, -0.2) is 0 Å². The Morgan fingerprint density at radius 1 is 1.11 bits per heavy atom. The molecule has 3 aliphatic rings. The van der Waals surface area contributed by atoms with Crippen molar-refractivity contribution in [1.29, 1.82) is 0 Å². The topological polar surface area (TPSA) is 108 Å². The number of ether oxygens (including phenoxy) is 1. The Hall–Kier alpha value is -1.97. The molecule has 1 aromatic rings. The second kappa shape index (κ2) is 10.9. The number of aliphatic hydroxyl groups is 1. The molecule has 4 rings (SSSR count). The average molecular weight is 593 g/mol. The largest absolute Gasteiger partial charge is 0.396 e. The van der Waals surface area contributed by atoms with Crippen molar-refractivity contribution in [3.8, 4) is 0 Å². The number of rotatable bonds is 10. The lowest BCUT2D eigenvalue weighted by molar-refractivity contribution is -0.142. The van der Waals surface area contributed by atoms with E-state index in [2.05, 4.69) is 47.3 Å². The maximum Gasteiger partial charge on any atom is 0.246 e. The number of amides is 3. The maximum absolute atomic E-state index is 14.1. The summed E-state index contributed by atoms with van der Waals surface area (Å²) in [7, 11) is 0. The third-order valence-corrected chi connectivity index (χ3v) is 8.72. The molecule has 0 aromatic heterocycles. The van der Waals surface area contributed by atoms with E-state index >= 15 is 0 Å². The molecule has 8 nitrogen and oxygen atoms in total. The Morgan fingerprint density at radius 2 is 1.79 bits per heavy atom. The van der Waals surface area contributed by atoms with Gasteiger partial charge in [0.25, 0.3) is 0 Å². The van der Waals surface area contributed by atoms with Gasteiger partial charge in [-0.05, 0) is 63.5 Å². The van der Waals surface area contributed by atoms with Crippen LogP contribution in [0.25, 0.3) is 0 Å². The molecule has 6 atom stereocenters. The quantitative estimate of drug-likeness (QED) is 0.283. The van der Waals surface area contributed by atoms with Gasteiger partial charge in [0.1, 0.15) is 11.6 Å². The van der Waals surface area contributed by atoms with E-state index in [4.69, 9.17) is 4.74 Å². The monoisotopic (exact) mass is 591 g/mol. The minimum atomic E-state index is -1.08. The zero-order valence-electron chi connectivity index (χ0n) is 23.1. The van der Waals surface area contributed by atoms with Crippen LogP contribution in [0, 0.1) is 17.3 Å². The Morgan fingerprint density at radius 3 is 2.42 bits per heavy atom. The lowest BCUT2D eigenvalue weighted by Gasteiger charge is -2.38. The van der Waals surface area contributed by atoms with Gasteiger partial charge in [-0.3, -0.25) is 14.4 Å². The molecule has 3 fully saturated rings. The van der Waals surface area contributed by atoms with Crippen molar-refractivity contribution in [3.63, 3.8) is 0 Å². The van der Waals surface area contributed by atoms with Gasteiger partial charge >= 0.3 is 0 Å². The van der Waals surface area contributed by atoms with Crippen molar-refractivity contribution >= 4 is 39.3 Å². The van der Waals surface area contributed by atoms with E-state index in [1.807, 2.05) is 44.2 Å². The number of para-hydroxylation sites is 1. The fraction of sp³-hybridized carbons (Fsp3) is 0.690. The van der Waals surface area contributed by atoms with Crippen LogP contribution in [0.5, 0.6) is 0 Å². The van der Waals surface area contributed by atoms with Gasteiger partial charge in [-0.1, -0.05) is 54.9 Å². The number of nitrogens with one attached hydrogen (secondary N) is 2. The number of carbonyl (C=O) groups is 3. The molecule has 0 aliphatic carbocycles. The summed E-state index contributed by atoms with van der Waals surface area (Å²) >= 11 is 3.72. The van der Waals surface area contributed by atoms with Crippen molar-refractivity contribution in [2.24, 2.45) is 17.3 Å². The third kappa shape index (κ3) is 5.65. The smallest absolute Gasteiger partial charge is 0.246 e. The van der Waals surface area contributed by atoms with Crippen LogP contribution in [0.15, 0.2) is 30.3 Å². The van der Waals surface area contributed by atoms with Crippen LogP contribution in [0.1, 0.15) is 66.7 Å². The summed E-state index contributed by atoms with van der Waals surface area (Å²) in [6.07, 6.45) is 2.77. The molecule has 1 aromatic carbocycles. The first-order chi connectivity index (χ1) is 17.8. The van der Waals surface area contributed by atoms with Crippen LogP contribution in [-0.4, -0.2) is 69.0 Å². The molecule has 9 heteroatoms. The minimum Gasteiger partial charge on any atom is -0.396 e. The second-order valence-corrected chi connectivity index (χ2v) is 14.1. The van der Waals surface area contributed by atoms with Gasteiger partial charge in [0.05, 0.1) is 17.9 Å². The first-order valence-corrected chi connectivity index (χ1v) is 14.6. The van der Waals surface area contributed by atoms with E-state index in [9.17, 15) is 19.5 Å². The zero-order valence-corrected chi connectivity index (χ0v) is 24.7. The normalized spacial score (nSPS) is 30.4. The lowest BCUT2D eigenvalue weighted by atomic mass is 9.70. The highest BCUT2D eigenvalue weighted by Crippen LogP contribution is 2.60. The van der Waals surface area contributed by atoms with Crippen LogP contribution in [0.2, 0.25) is 0 Å². The van der Waals surface area contributed by atoms with Crippen molar-refractivity contribution in [1.82, 2.24) is 10.2 Å². The molecule has 38 heavy (non-hydrogen) atoms. The number of fused-ring (bicyclic) bond motifs is 1. The molecular weight excluding hydrogens is 550 g/mol. The SMILES string of the molecule is CC(C)(C)CC(C)(C)NC(=O)C1N(CCCCCO)C(=O)[C@@H]2[C@@H](C(=O)Nc3ccccc3)[C@@H]3OC12CC3Br. The molecule has 2 bridgehead atoms. The molecule has 3 aliphatic heterocycles. The van der Waals surface area contributed by atoms with E-state index < -0.39 is 35.1 Å². The molecule has 3 unspecified atom stereocenters. The van der Waals surface area contributed by atoms with Crippen molar-refractivity contribution in [2.45, 2.75) is 94.8 Å². The third-order valence-electron chi connectivity index (χ3n) is 7.87. The minimum absolute atomic E-state index is 0.00301. The fourth-order valence-electron chi connectivity index (χ4n) is 7.06. The average Bonchev–Trinajstić information content (AvgIpc) is 3.39. The number of nitrogens with zero attached hydrogens (tertiary/aromatic N) is 1. The van der Waals surface area contributed by atoms with Crippen molar-refractivity contribution in [3.05, 3.63) is 30.3 Å². The number of halogens is 1.